The van der Waals surface area contributed by atoms with Gasteiger partial charge in [-0.1, -0.05) is 35.9 Å². The van der Waals surface area contributed by atoms with Crippen molar-refractivity contribution in [1.82, 2.24) is 5.32 Å². The van der Waals surface area contributed by atoms with Crippen LogP contribution in [-0.4, -0.2) is 34.6 Å². The Morgan fingerprint density at radius 3 is 2.32 bits per heavy atom. The summed E-state index contributed by atoms with van der Waals surface area (Å²) >= 11 is 0. The molecule has 0 aliphatic carbocycles. The van der Waals surface area contributed by atoms with Crippen LogP contribution in [0.3, 0.4) is 0 Å². The van der Waals surface area contributed by atoms with Crippen molar-refractivity contribution in [3.05, 3.63) is 83.4 Å². The van der Waals surface area contributed by atoms with Gasteiger partial charge in [-0.05, 0) is 68.3 Å². The third kappa shape index (κ3) is 6.08. The molecule has 0 saturated heterocycles. The number of hydrogen-bond acceptors (Lipinski definition) is 5. The molecule has 0 aromatic heterocycles. The first-order valence-electron chi connectivity index (χ1n) is 11.0. The normalized spacial score (nSPS) is 11.1. The van der Waals surface area contributed by atoms with Gasteiger partial charge in [-0.15, -0.1) is 0 Å². The average Bonchev–Trinajstić information content (AvgIpc) is 2.82. The van der Waals surface area contributed by atoms with Gasteiger partial charge in [0.2, 0.25) is 5.91 Å². The second-order valence-electron chi connectivity index (χ2n) is 7.86. The van der Waals surface area contributed by atoms with Crippen LogP contribution in [0.5, 0.6) is 11.5 Å². The number of sulfonamides is 1. The van der Waals surface area contributed by atoms with Gasteiger partial charge in [0.05, 0.1) is 19.4 Å². The van der Waals surface area contributed by atoms with Crippen molar-refractivity contribution in [3.8, 4) is 11.5 Å². The van der Waals surface area contributed by atoms with E-state index in [1.165, 1.54) is 7.11 Å². The molecule has 0 aliphatic heterocycles. The molecular weight excluding hydrogens is 452 g/mol. The molecule has 1 amide bonds. The highest BCUT2D eigenvalue weighted by Crippen LogP contribution is 2.31. The minimum atomic E-state index is -4.12. The van der Waals surface area contributed by atoms with Crippen molar-refractivity contribution in [2.24, 2.45) is 0 Å². The summed E-state index contributed by atoms with van der Waals surface area (Å²) in [5.74, 6) is 0.396. The molecule has 0 spiro atoms. The second kappa shape index (κ2) is 11.1. The number of hydrogen-bond donors (Lipinski definition) is 1. The van der Waals surface area contributed by atoms with Crippen molar-refractivity contribution < 1.29 is 22.7 Å². The molecule has 0 unspecified atom stereocenters. The van der Waals surface area contributed by atoms with Crippen LogP contribution in [0.4, 0.5) is 5.69 Å². The van der Waals surface area contributed by atoms with Crippen molar-refractivity contribution in [1.29, 1.82) is 0 Å². The van der Waals surface area contributed by atoms with Crippen LogP contribution in [0.25, 0.3) is 0 Å². The number of carbonyl (C=O) groups is 1. The SMILES string of the molecule is CCOc1ccc(N(CC(=O)NCc2cccc(C)c2)S(=O)(=O)c2cc(C)ccc2OC)cc1. The quantitative estimate of drug-likeness (QED) is 0.468. The van der Waals surface area contributed by atoms with E-state index in [1.807, 2.05) is 38.1 Å². The van der Waals surface area contributed by atoms with Crippen LogP contribution in [0.1, 0.15) is 23.6 Å². The Kier molecular flexibility index (Phi) is 8.17. The molecule has 0 atom stereocenters. The maximum Gasteiger partial charge on any atom is 0.268 e. The monoisotopic (exact) mass is 482 g/mol. The lowest BCUT2D eigenvalue weighted by Crippen LogP contribution is -2.40. The first kappa shape index (κ1) is 25.1. The van der Waals surface area contributed by atoms with Crippen LogP contribution in [0.15, 0.2) is 71.6 Å². The van der Waals surface area contributed by atoms with E-state index in [9.17, 15) is 13.2 Å². The summed E-state index contributed by atoms with van der Waals surface area (Å²) in [4.78, 5) is 12.9. The van der Waals surface area contributed by atoms with Gasteiger partial charge < -0.3 is 14.8 Å². The first-order chi connectivity index (χ1) is 16.2. The largest absolute Gasteiger partial charge is 0.495 e. The highest BCUT2D eigenvalue weighted by Gasteiger charge is 2.30. The molecule has 0 heterocycles. The van der Waals surface area contributed by atoms with Gasteiger partial charge in [-0.2, -0.15) is 0 Å². The molecule has 0 fully saturated rings. The third-order valence-electron chi connectivity index (χ3n) is 5.18. The molecule has 180 valence electrons. The molecule has 34 heavy (non-hydrogen) atoms. The minimum Gasteiger partial charge on any atom is -0.495 e. The topological polar surface area (TPSA) is 84.9 Å². The van der Waals surface area contributed by atoms with Gasteiger partial charge in [0.1, 0.15) is 22.9 Å². The minimum absolute atomic E-state index is 0.00429. The Hall–Kier alpha value is -3.52. The number of aryl methyl sites for hydroxylation is 2. The van der Waals surface area contributed by atoms with Gasteiger partial charge in [0, 0.05) is 6.54 Å². The molecule has 0 aliphatic rings. The summed E-state index contributed by atoms with van der Waals surface area (Å²) in [5.41, 5.74) is 3.12. The number of methoxy groups -OCH3 is 1. The van der Waals surface area contributed by atoms with Crippen LogP contribution < -0.4 is 19.1 Å². The fraction of sp³-hybridized carbons (Fsp3) is 0.269. The fourth-order valence-corrected chi connectivity index (χ4v) is 5.17. The standard InChI is InChI=1S/C26H30N2O5S/c1-5-33-23-12-10-22(11-13-23)28(18-26(29)27-17-21-8-6-7-19(2)15-21)34(30,31)25-16-20(3)9-14-24(25)32-4/h6-16H,5,17-18H2,1-4H3,(H,27,29). The van der Waals surface area contributed by atoms with Gasteiger partial charge in [0.25, 0.3) is 10.0 Å². The summed E-state index contributed by atoms with van der Waals surface area (Å²) in [6.07, 6.45) is 0. The van der Waals surface area contributed by atoms with E-state index in [0.29, 0.717) is 24.6 Å². The second-order valence-corrected chi connectivity index (χ2v) is 9.69. The molecule has 3 rings (SSSR count). The van der Waals surface area contributed by atoms with Crippen molar-refractivity contribution >= 4 is 21.6 Å². The molecule has 0 saturated carbocycles. The predicted molar refractivity (Wildman–Crippen MR) is 133 cm³/mol. The molecule has 7 nitrogen and oxygen atoms in total. The van der Waals surface area contributed by atoms with Gasteiger partial charge in [0.15, 0.2) is 0 Å². The maximum atomic E-state index is 13.8. The highest BCUT2D eigenvalue weighted by molar-refractivity contribution is 7.93. The maximum absolute atomic E-state index is 13.8. The van der Waals surface area contributed by atoms with Gasteiger partial charge in [-0.25, -0.2) is 8.42 Å². The zero-order valence-corrected chi connectivity index (χ0v) is 20.7. The number of rotatable bonds is 10. The summed E-state index contributed by atoms with van der Waals surface area (Å²) < 4.78 is 39.4. The van der Waals surface area contributed by atoms with Crippen molar-refractivity contribution in [2.75, 3.05) is 24.6 Å². The summed E-state index contributed by atoms with van der Waals surface area (Å²) in [5, 5.41) is 2.82. The number of nitrogens with zero attached hydrogens (tertiary/aromatic N) is 1. The van der Waals surface area contributed by atoms with Crippen LogP contribution >= 0.6 is 0 Å². The molecule has 8 heteroatoms. The Labute approximate surface area is 201 Å². The van der Waals surface area contributed by atoms with Gasteiger partial charge >= 0.3 is 0 Å². The summed E-state index contributed by atoms with van der Waals surface area (Å²) in [7, 11) is -2.71. The summed E-state index contributed by atoms with van der Waals surface area (Å²) in [6, 6.07) is 19.3. The zero-order valence-electron chi connectivity index (χ0n) is 19.9. The Bertz CT molecular complexity index is 1240. The van der Waals surface area contributed by atoms with Crippen LogP contribution in [0, 0.1) is 13.8 Å². The smallest absolute Gasteiger partial charge is 0.268 e. The lowest BCUT2D eigenvalue weighted by atomic mass is 10.1. The van der Waals surface area contributed by atoms with E-state index in [4.69, 9.17) is 9.47 Å². The predicted octanol–water partition coefficient (Wildman–Crippen LogP) is 4.22. The van der Waals surface area contributed by atoms with E-state index >= 15 is 0 Å². The lowest BCUT2D eigenvalue weighted by molar-refractivity contribution is -0.119. The van der Waals surface area contributed by atoms with E-state index in [2.05, 4.69) is 5.32 Å². The third-order valence-corrected chi connectivity index (χ3v) is 6.98. The number of ether oxygens (including phenoxy) is 2. The number of benzene rings is 3. The van der Waals surface area contributed by atoms with Crippen molar-refractivity contribution in [3.63, 3.8) is 0 Å². The fourth-order valence-electron chi connectivity index (χ4n) is 3.50. The number of amides is 1. The molecule has 0 bridgehead atoms. The summed E-state index contributed by atoms with van der Waals surface area (Å²) in [6.45, 7) is 6.04. The Morgan fingerprint density at radius 1 is 0.971 bits per heavy atom. The Balaban J connectivity index is 1.93. The van der Waals surface area contributed by atoms with E-state index < -0.39 is 15.9 Å². The van der Waals surface area contributed by atoms with Crippen molar-refractivity contribution in [2.45, 2.75) is 32.2 Å². The molecule has 3 aromatic rings. The molecule has 0 radical (unpaired) electrons. The average molecular weight is 483 g/mol. The highest BCUT2D eigenvalue weighted by atomic mass is 32.2. The number of nitrogens with one attached hydrogen (secondary N) is 1. The molecule has 1 N–H and O–H groups in total. The Morgan fingerprint density at radius 2 is 1.68 bits per heavy atom. The lowest BCUT2D eigenvalue weighted by Gasteiger charge is -2.25. The zero-order chi connectivity index (χ0) is 24.7. The number of carbonyl (C=O) groups excluding carboxylic acids is 1. The van der Waals surface area contributed by atoms with E-state index in [1.54, 1.807) is 49.4 Å². The van der Waals surface area contributed by atoms with Crippen LogP contribution in [-0.2, 0) is 21.4 Å². The molecule has 3 aromatic carbocycles. The first-order valence-corrected chi connectivity index (χ1v) is 12.4. The number of anilines is 1. The van der Waals surface area contributed by atoms with E-state index in [0.717, 1.165) is 21.0 Å². The van der Waals surface area contributed by atoms with E-state index in [-0.39, 0.29) is 17.2 Å². The van der Waals surface area contributed by atoms with Crippen LogP contribution in [0.2, 0.25) is 0 Å². The van der Waals surface area contributed by atoms with Gasteiger partial charge in [-0.3, -0.25) is 9.10 Å². The molecular formula is C26H30N2O5S.